The quantitative estimate of drug-likeness (QED) is 0.774. The molecule has 1 saturated heterocycles. The van der Waals surface area contributed by atoms with Crippen molar-refractivity contribution in [1.82, 2.24) is 9.88 Å². The molecule has 0 radical (unpaired) electrons. The number of amides is 1. The number of hydrogen-bond acceptors (Lipinski definition) is 2. The van der Waals surface area contributed by atoms with E-state index in [1.54, 1.807) is 19.2 Å². The van der Waals surface area contributed by atoms with Crippen LogP contribution in [0.15, 0.2) is 48.5 Å². The number of likely N-dealkylation sites (tertiary alicyclic amines) is 1. The zero-order valence-electron chi connectivity index (χ0n) is 14.0. The van der Waals surface area contributed by atoms with Crippen molar-refractivity contribution in [1.29, 1.82) is 0 Å². The van der Waals surface area contributed by atoms with Gasteiger partial charge in [-0.15, -0.1) is 0 Å². The number of fused-ring (bicyclic) bond motifs is 1. The Kier molecular flexibility index (Phi) is 3.92. The van der Waals surface area contributed by atoms with Gasteiger partial charge >= 0.3 is 0 Å². The maximum absolute atomic E-state index is 13.2. The molecule has 0 spiro atoms. The van der Waals surface area contributed by atoms with Crippen molar-refractivity contribution in [3.05, 3.63) is 65.6 Å². The van der Waals surface area contributed by atoms with E-state index >= 15 is 0 Å². The number of ether oxygens (including phenoxy) is 1. The van der Waals surface area contributed by atoms with Crippen molar-refractivity contribution in [2.24, 2.45) is 0 Å². The van der Waals surface area contributed by atoms with Crippen LogP contribution in [0.25, 0.3) is 10.9 Å². The predicted octanol–water partition coefficient (Wildman–Crippen LogP) is 4.29. The number of carbonyl (C=O) groups excluding carboxylic acids is 1. The number of carbonyl (C=O) groups is 1. The summed E-state index contributed by atoms with van der Waals surface area (Å²) in [5.41, 5.74) is 2.42. The van der Waals surface area contributed by atoms with Crippen LogP contribution in [-0.4, -0.2) is 29.4 Å². The number of H-pyrrole nitrogens is 1. The first-order valence-corrected chi connectivity index (χ1v) is 8.39. The normalized spacial score (nSPS) is 17.2. The van der Waals surface area contributed by atoms with Crippen LogP contribution < -0.4 is 4.74 Å². The fraction of sp³-hybridized carbons (Fsp3) is 0.250. The minimum absolute atomic E-state index is 0.00551. The smallest absolute Gasteiger partial charge is 0.270 e. The van der Waals surface area contributed by atoms with Gasteiger partial charge in [-0.3, -0.25) is 4.79 Å². The Morgan fingerprint density at radius 3 is 2.76 bits per heavy atom. The van der Waals surface area contributed by atoms with E-state index in [2.05, 4.69) is 4.98 Å². The molecule has 1 amide bonds. The van der Waals surface area contributed by atoms with Gasteiger partial charge in [-0.05, 0) is 48.7 Å². The Morgan fingerprint density at radius 2 is 2.00 bits per heavy atom. The molecule has 1 fully saturated rings. The number of aromatic nitrogens is 1. The minimum Gasteiger partial charge on any atom is -0.497 e. The van der Waals surface area contributed by atoms with E-state index in [0.29, 0.717) is 12.2 Å². The van der Waals surface area contributed by atoms with Gasteiger partial charge in [0, 0.05) is 23.5 Å². The zero-order chi connectivity index (χ0) is 17.4. The molecule has 1 N–H and O–H groups in total. The molecule has 128 valence electrons. The molecule has 0 saturated carbocycles. The van der Waals surface area contributed by atoms with Crippen LogP contribution in [0.5, 0.6) is 5.75 Å². The minimum atomic E-state index is -0.260. The van der Waals surface area contributed by atoms with Gasteiger partial charge in [0.25, 0.3) is 5.91 Å². The highest BCUT2D eigenvalue weighted by Gasteiger charge is 2.31. The molecular weight excluding hydrogens is 319 g/mol. The molecule has 0 aliphatic carbocycles. The highest BCUT2D eigenvalue weighted by Crippen LogP contribution is 2.33. The number of aromatic amines is 1. The molecule has 1 aromatic heterocycles. The van der Waals surface area contributed by atoms with Gasteiger partial charge < -0.3 is 14.6 Å². The van der Waals surface area contributed by atoms with Crippen LogP contribution in [0.4, 0.5) is 4.39 Å². The van der Waals surface area contributed by atoms with E-state index in [1.807, 2.05) is 29.2 Å². The van der Waals surface area contributed by atoms with Crippen molar-refractivity contribution in [2.75, 3.05) is 13.7 Å². The van der Waals surface area contributed by atoms with E-state index in [4.69, 9.17) is 4.74 Å². The van der Waals surface area contributed by atoms with Gasteiger partial charge in [0.05, 0.1) is 13.2 Å². The lowest BCUT2D eigenvalue weighted by Gasteiger charge is -2.24. The first-order chi connectivity index (χ1) is 12.2. The monoisotopic (exact) mass is 338 g/mol. The second-order valence-electron chi connectivity index (χ2n) is 6.34. The molecule has 1 unspecified atom stereocenters. The van der Waals surface area contributed by atoms with Crippen molar-refractivity contribution < 1.29 is 13.9 Å². The molecule has 3 aromatic rings. The van der Waals surface area contributed by atoms with Crippen molar-refractivity contribution in [2.45, 2.75) is 18.9 Å². The molecule has 1 aliphatic rings. The Morgan fingerprint density at radius 1 is 1.20 bits per heavy atom. The van der Waals surface area contributed by atoms with Crippen LogP contribution in [0.1, 0.15) is 34.9 Å². The fourth-order valence-electron chi connectivity index (χ4n) is 3.54. The first kappa shape index (κ1) is 15.7. The highest BCUT2D eigenvalue weighted by molar-refractivity contribution is 5.98. The standard InChI is InChI=1S/C20H19FN2O2/c1-25-16-9-6-14-11-18(22-17(14)12-16)20(24)23-10-2-3-19(23)13-4-7-15(21)8-5-13/h4-9,11-12,19,22H,2-3,10H2,1H3. The summed E-state index contributed by atoms with van der Waals surface area (Å²) >= 11 is 0. The number of nitrogens with zero attached hydrogens (tertiary/aromatic N) is 1. The maximum Gasteiger partial charge on any atom is 0.270 e. The summed E-state index contributed by atoms with van der Waals surface area (Å²) in [6.45, 7) is 0.708. The SMILES string of the molecule is COc1ccc2cc(C(=O)N3CCCC3c3ccc(F)cc3)[nH]c2c1. The summed E-state index contributed by atoms with van der Waals surface area (Å²) in [7, 11) is 1.62. The Labute approximate surface area is 145 Å². The first-order valence-electron chi connectivity index (χ1n) is 8.39. The average Bonchev–Trinajstić information content (AvgIpc) is 3.28. The molecule has 4 rings (SSSR count). The van der Waals surface area contributed by atoms with Gasteiger partial charge in [0.15, 0.2) is 0 Å². The van der Waals surface area contributed by atoms with Crippen molar-refractivity contribution >= 4 is 16.8 Å². The van der Waals surface area contributed by atoms with E-state index < -0.39 is 0 Å². The predicted molar refractivity (Wildman–Crippen MR) is 94.3 cm³/mol. The molecule has 0 bridgehead atoms. The number of hydrogen-bond donors (Lipinski definition) is 1. The lowest BCUT2D eigenvalue weighted by atomic mass is 10.0. The number of rotatable bonds is 3. The molecular formula is C20H19FN2O2. The second kappa shape index (κ2) is 6.24. The number of halogens is 1. The molecule has 4 nitrogen and oxygen atoms in total. The molecule has 1 atom stereocenters. The number of methoxy groups -OCH3 is 1. The average molecular weight is 338 g/mol. The van der Waals surface area contributed by atoms with Crippen molar-refractivity contribution in [3.8, 4) is 5.75 Å². The van der Waals surface area contributed by atoms with Gasteiger partial charge in [0.2, 0.25) is 0 Å². The summed E-state index contributed by atoms with van der Waals surface area (Å²) in [4.78, 5) is 18.1. The Hall–Kier alpha value is -2.82. The molecule has 1 aliphatic heterocycles. The third kappa shape index (κ3) is 2.86. The number of nitrogens with one attached hydrogen (secondary N) is 1. The zero-order valence-corrected chi connectivity index (χ0v) is 14.0. The van der Waals surface area contributed by atoms with E-state index in [-0.39, 0.29) is 17.8 Å². The Bertz CT molecular complexity index is 917. The van der Waals surface area contributed by atoms with Crippen molar-refractivity contribution in [3.63, 3.8) is 0 Å². The Balaban J connectivity index is 1.64. The summed E-state index contributed by atoms with van der Waals surface area (Å²) in [6, 6.07) is 14.0. The molecule has 2 heterocycles. The van der Waals surface area contributed by atoms with Crippen LogP contribution in [-0.2, 0) is 0 Å². The van der Waals surface area contributed by atoms with E-state index in [1.165, 1.54) is 12.1 Å². The molecule has 25 heavy (non-hydrogen) atoms. The van der Waals surface area contributed by atoms with Gasteiger partial charge in [-0.1, -0.05) is 12.1 Å². The van der Waals surface area contributed by atoms with E-state index in [0.717, 1.165) is 35.1 Å². The lowest BCUT2D eigenvalue weighted by molar-refractivity contribution is 0.0730. The summed E-state index contributed by atoms with van der Waals surface area (Å²) < 4.78 is 18.4. The largest absolute Gasteiger partial charge is 0.497 e. The topological polar surface area (TPSA) is 45.3 Å². The summed E-state index contributed by atoms with van der Waals surface area (Å²) in [5.74, 6) is 0.463. The van der Waals surface area contributed by atoms with Crippen LogP contribution >= 0.6 is 0 Å². The fourth-order valence-corrected chi connectivity index (χ4v) is 3.54. The van der Waals surface area contributed by atoms with Gasteiger partial charge in [0.1, 0.15) is 17.3 Å². The third-order valence-electron chi connectivity index (χ3n) is 4.83. The summed E-state index contributed by atoms with van der Waals surface area (Å²) in [5, 5.41) is 0.974. The second-order valence-corrected chi connectivity index (χ2v) is 6.34. The summed E-state index contributed by atoms with van der Waals surface area (Å²) in [6.07, 6.45) is 1.84. The maximum atomic E-state index is 13.2. The lowest BCUT2D eigenvalue weighted by Crippen LogP contribution is -2.30. The van der Waals surface area contributed by atoms with Crippen LogP contribution in [0.2, 0.25) is 0 Å². The van der Waals surface area contributed by atoms with Gasteiger partial charge in [-0.25, -0.2) is 4.39 Å². The van der Waals surface area contributed by atoms with Crippen LogP contribution in [0.3, 0.4) is 0 Å². The third-order valence-corrected chi connectivity index (χ3v) is 4.83. The van der Waals surface area contributed by atoms with Gasteiger partial charge in [-0.2, -0.15) is 0 Å². The van der Waals surface area contributed by atoms with E-state index in [9.17, 15) is 9.18 Å². The molecule has 2 aromatic carbocycles. The van der Waals surface area contributed by atoms with Crippen LogP contribution in [0, 0.1) is 5.82 Å². The number of benzene rings is 2. The highest BCUT2D eigenvalue weighted by atomic mass is 19.1. The molecule has 5 heteroatoms.